The third-order valence-electron chi connectivity index (χ3n) is 2.87. The summed E-state index contributed by atoms with van der Waals surface area (Å²) in [6.07, 6.45) is 3.25. The Morgan fingerprint density at radius 1 is 1.55 bits per heavy atom. The second-order valence-electron chi connectivity index (χ2n) is 4.38. The van der Waals surface area contributed by atoms with Gasteiger partial charge in [0.1, 0.15) is 12.4 Å². The van der Waals surface area contributed by atoms with Gasteiger partial charge in [-0.15, -0.1) is 0 Å². The van der Waals surface area contributed by atoms with Crippen LogP contribution in [0.25, 0.3) is 0 Å². The van der Waals surface area contributed by atoms with Gasteiger partial charge in [0.25, 0.3) is 5.91 Å². The van der Waals surface area contributed by atoms with E-state index in [1.807, 2.05) is 0 Å². The molecule has 0 aliphatic rings. The molecular formula is C12H16ClN5O2. The van der Waals surface area contributed by atoms with Crippen molar-refractivity contribution in [2.45, 2.75) is 13.3 Å². The van der Waals surface area contributed by atoms with Crippen molar-refractivity contribution >= 4 is 17.5 Å². The third kappa shape index (κ3) is 3.00. The second kappa shape index (κ2) is 6.06. The number of nitrogens with zero attached hydrogens (tertiary/aromatic N) is 5. The average Bonchev–Trinajstić information content (AvgIpc) is 3.00. The topological polar surface area (TPSA) is 65.2 Å². The number of hydrogen-bond donors (Lipinski definition) is 0. The second-order valence-corrected chi connectivity index (χ2v) is 4.79. The Balaban J connectivity index is 2.08. The number of amides is 1. The smallest absolute Gasteiger partial charge is 0.274 e. The molecule has 2 rings (SSSR count). The van der Waals surface area contributed by atoms with E-state index in [-0.39, 0.29) is 5.91 Å². The van der Waals surface area contributed by atoms with Crippen LogP contribution >= 0.6 is 11.6 Å². The molecule has 0 aliphatic carbocycles. The highest BCUT2D eigenvalue weighted by atomic mass is 35.5. The molecule has 7 nitrogen and oxygen atoms in total. The number of methoxy groups -OCH3 is 1. The van der Waals surface area contributed by atoms with Gasteiger partial charge in [0.05, 0.1) is 23.5 Å². The van der Waals surface area contributed by atoms with Crippen LogP contribution in [0, 0.1) is 0 Å². The van der Waals surface area contributed by atoms with Crippen LogP contribution in [-0.4, -0.2) is 44.5 Å². The Bertz CT molecular complexity index is 587. The number of aromatic nitrogens is 4. The molecule has 0 atom stereocenters. The zero-order chi connectivity index (χ0) is 14.7. The molecule has 108 valence electrons. The van der Waals surface area contributed by atoms with E-state index in [9.17, 15) is 4.79 Å². The van der Waals surface area contributed by atoms with Crippen molar-refractivity contribution in [3.05, 3.63) is 34.9 Å². The molecule has 0 aliphatic heterocycles. The summed E-state index contributed by atoms with van der Waals surface area (Å²) in [6.45, 7) is 0.676. The number of carbonyl (C=O) groups excluding carboxylic acids is 1. The molecule has 0 unspecified atom stereocenters. The van der Waals surface area contributed by atoms with E-state index in [4.69, 9.17) is 16.3 Å². The lowest BCUT2D eigenvalue weighted by Gasteiger charge is -2.16. The van der Waals surface area contributed by atoms with E-state index >= 15 is 0 Å². The van der Waals surface area contributed by atoms with Gasteiger partial charge < -0.3 is 9.64 Å². The third-order valence-corrected chi connectivity index (χ3v) is 3.18. The van der Waals surface area contributed by atoms with Crippen molar-refractivity contribution in [2.75, 3.05) is 14.2 Å². The first-order chi connectivity index (χ1) is 9.52. The number of carbonyl (C=O) groups is 1. The minimum absolute atomic E-state index is 0.183. The van der Waals surface area contributed by atoms with E-state index < -0.39 is 0 Å². The fraction of sp³-hybridized carbons (Fsp3) is 0.417. The lowest BCUT2D eigenvalue weighted by Crippen LogP contribution is -2.28. The molecule has 0 spiro atoms. The zero-order valence-electron chi connectivity index (χ0n) is 11.6. The van der Waals surface area contributed by atoms with Gasteiger partial charge in [-0.1, -0.05) is 11.6 Å². The zero-order valence-corrected chi connectivity index (χ0v) is 12.3. The van der Waals surface area contributed by atoms with Gasteiger partial charge in [0, 0.05) is 27.4 Å². The van der Waals surface area contributed by atoms with Crippen molar-refractivity contribution in [3.63, 3.8) is 0 Å². The van der Waals surface area contributed by atoms with E-state index in [2.05, 4.69) is 10.2 Å². The normalized spacial score (nSPS) is 10.8. The Hall–Kier alpha value is -1.86. The van der Waals surface area contributed by atoms with Crippen LogP contribution in [0.3, 0.4) is 0 Å². The molecule has 20 heavy (non-hydrogen) atoms. The number of rotatable bonds is 5. The van der Waals surface area contributed by atoms with Gasteiger partial charge in [-0.25, -0.2) is 4.68 Å². The summed E-state index contributed by atoms with van der Waals surface area (Å²) in [5, 5.41) is 8.72. The van der Waals surface area contributed by atoms with Crippen molar-refractivity contribution in [1.82, 2.24) is 24.5 Å². The van der Waals surface area contributed by atoms with Gasteiger partial charge in [-0.05, 0) is 6.07 Å². The molecule has 0 aromatic carbocycles. The minimum atomic E-state index is -0.183. The molecular weight excluding hydrogens is 282 g/mol. The van der Waals surface area contributed by atoms with Crippen LogP contribution in [-0.2, 0) is 25.1 Å². The lowest BCUT2D eigenvalue weighted by atomic mass is 10.3. The predicted molar refractivity (Wildman–Crippen MR) is 73.3 cm³/mol. The molecule has 8 heteroatoms. The van der Waals surface area contributed by atoms with Gasteiger partial charge >= 0.3 is 0 Å². The maximum Gasteiger partial charge on any atom is 0.274 e. The summed E-state index contributed by atoms with van der Waals surface area (Å²) < 4.78 is 8.15. The Morgan fingerprint density at radius 2 is 2.30 bits per heavy atom. The van der Waals surface area contributed by atoms with Crippen molar-refractivity contribution in [3.8, 4) is 0 Å². The van der Waals surface area contributed by atoms with Gasteiger partial charge in [0.2, 0.25) is 0 Å². The number of ether oxygens (including phenoxy) is 1. The predicted octanol–water partition coefficient (Wildman–Crippen LogP) is 1.15. The first-order valence-corrected chi connectivity index (χ1v) is 6.35. The van der Waals surface area contributed by atoms with Gasteiger partial charge in [-0.2, -0.15) is 10.2 Å². The minimum Gasteiger partial charge on any atom is -0.362 e. The van der Waals surface area contributed by atoms with Crippen LogP contribution in [0.2, 0.25) is 5.02 Å². The molecule has 2 aromatic heterocycles. The Morgan fingerprint density at radius 3 is 2.90 bits per heavy atom. The molecule has 2 heterocycles. The SMILES string of the molecule is COCn1ccc(C(=O)N(C)Cc2c(Cl)cnn2C)n1. The summed E-state index contributed by atoms with van der Waals surface area (Å²) in [7, 11) is 5.05. The number of aryl methyl sites for hydroxylation is 1. The molecule has 0 bridgehead atoms. The van der Waals surface area contributed by atoms with Gasteiger partial charge in [-0.3, -0.25) is 9.48 Å². The lowest BCUT2D eigenvalue weighted by molar-refractivity contribution is 0.0770. The molecule has 0 saturated heterocycles. The van der Waals surface area contributed by atoms with E-state index in [0.29, 0.717) is 24.0 Å². The fourth-order valence-electron chi connectivity index (χ4n) is 1.79. The van der Waals surface area contributed by atoms with Crippen LogP contribution in [0.1, 0.15) is 16.2 Å². The maximum absolute atomic E-state index is 12.2. The Labute approximate surface area is 121 Å². The summed E-state index contributed by atoms with van der Waals surface area (Å²) in [5.41, 5.74) is 1.14. The largest absolute Gasteiger partial charge is 0.362 e. The number of hydrogen-bond acceptors (Lipinski definition) is 4. The standard InChI is InChI=1S/C12H16ClN5O2/c1-16(7-11-9(13)6-14-17(11)2)12(19)10-4-5-18(15-10)8-20-3/h4-6H,7-8H2,1-3H3. The summed E-state index contributed by atoms with van der Waals surface area (Å²) in [6, 6.07) is 1.66. The maximum atomic E-state index is 12.2. The highest BCUT2D eigenvalue weighted by molar-refractivity contribution is 6.31. The molecule has 0 fully saturated rings. The van der Waals surface area contributed by atoms with Crippen LogP contribution in [0.5, 0.6) is 0 Å². The fourth-order valence-corrected chi connectivity index (χ4v) is 2.01. The van der Waals surface area contributed by atoms with E-state index in [0.717, 1.165) is 5.69 Å². The first kappa shape index (κ1) is 14.5. The van der Waals surface area contributed by atoms with Crippen molar-refractivity contribution in [1.29, 1.82) is 0 Å². The number of halogens is 1. The van der Waals surface area contributed by atoms with Crippen LogP contribution < -0.4 is 0 Å². The quantitative estimate of drug-likeness (QED) is 0.830. The Kier molecular flexibility index (Phi) is 4.41. The van der Waals surface area contributed by atoms with E-state index in [1.165, 1.54) is 0 Å². The van der Waals surface area contributed by atoms with Gasteiger partial charge in [0.15, 0.2) is 0 Å². The summed E-state index contributed by atoms with van der Waals surface area (Å²) in [5.74, 6) is -0.183. The molecule has 0 saturated carbocycles. The average molecular weight is 298 g/mol. The summed E-state index contributed by atoms with van der Waals surface area (Å²) in [4.78, 5) is 13.8. The molecule has 1 amide bonds. The van der Waals surface area contributed by atoms with Crippen LogP contribution in [0.15, 0.2) is 18.5 Å². The molecule has 0 N–H and O–H groups in total. The molecule has 0 radical (unpaired) electrons. The first-order valence-electron chi connectivity index (χ1n) is 5.97. The summed E-state index contributed by atoms with van der Waals surface area (Å²) >= 11 is 6.03. The highest BCUT2D eigenvalue weighted by Crippen LogP contribution is 2.16. The van der Waals surface area contributed by atoms with Crippen LogP contribution in [0.4, 0.5) is 0 Å². The van der Waals surface area contributed by atoms with Crippen molar-refractivity contribution in [2.24, 2.45) is 7.05 Å². The van der Waals surface area contributed by atoms with Crippen molar-refractivity contribution < 1.29 is 9.53 Å². The molecule has 2 aromatic rings. The van der Waals surface area contributed by atoms with E-state index in [1.54, 1.807) is 53.9 Å². The highest BCUT2D eigenvalue weighted by Gasteiger charge is 2.17. The monoisotopic (exact) mass is 297 g/mol.